The van der Waals surface area contributed by atoms with Crippen molar-refractivity contribution < 1.29 is 23.9 Å². The minimum absolute atomic E-state index is 0.107. The number of hydrogen-bond acceptors (Lipinski definition) is 6. The van der Waals surface area contributed by atoms with E-state index in [4.69, 9.17) is 15.2 Å². The Hall–Kier alpha value is -2.21. The summed E-state index contributed by atoms with van der Waals surface area (Å²) in [6, 6.07) is 7.51. The van der Waals surface area contributed by atoms with E-state index in [0.717, 1.165) is 5.56 Å². The highest BCUT2D eigenvalue weighted by Gasteiger charge is 2.37. The number of benzene rings is 1. The zero-order chi connectivity index (χ0) is 18.3. The fourth-order valence-corrected chi connectivity index (χ4v) is 2.09. The Morgan fingerprint density at radius 1 is 1.08 bits per heavy atom. The highest BCUT2D eigenvalue weighted by atomic mass is 16.6. The maximum atomic E-state index is 12.6. The largest absolute Gasteiger partial charge is 0.464 e. The van der Waals surface area contributed by atoms with Crippen molar-refractivity contribution in [2.45, 2.75) is 45.8 Å². The van der Waals surface area contributed by atoms with Gasteiger partial charge in [0.05, 0.1) is 6.61 Å². The molecule has 0 aliphatic heterocycles. The van der Waals surface area contributed by atoms with Gasteiger partial charge in [0.15, 0.2) is 11.8 Å². The number of rotatable bonds is 7. The van der Waals surface area contributed by atoms with Gasteiger partial charge in [-0.25, -0.2) is 4.79 Å². The zero-order valence-corrected chi connectivity index (χ0v) is 14.6. The normalized spacial score (nSPS) is 13.7. The maximum absolute atomic E-state index is 12.6. The topological polar surface area (TPSA) is 95.7 Å². The van der Waals surface area contributed by atoms with E-state index in [1.165, 1.54) is 0 Å². The van der Waals surface area contributed by atoms with Gasteiger partial charge in [-0.15, -0.1) is 0 Å². The van der Waals surface area contributed by atoms with Crippen molar-refractivity contribution >= 4 is 17.7 Å². The number of carbonyl (C=O) groups is 3. The first-order chi connectivity index (χ1) is 11.2. The van der Waals surface area contributed by atoms with Gasteiger partial charge in [-0.1, -0.05) is 30.3 Å². The van der Waals surface area contributed by atoms with Crippen LogP contribution in [0.5, 0.6) is 0 Å². The van der Waals surface area contributed by atoms with Crippen LogP contribution in [-0.2, 0) is 30.3 Å². The van der Waals surface area contributed by atoms with Crippen LogP contribution in [-0.4, -0.2) is 36.0 Å². The lowest BCUT2D eigenvalue weighted by atomic mass is 9.91. The van der Waals surface area contributed by atoms with Gasteiger partial charge in [-0.05, 0) is 39.7 Å². The van der Waals surface area contributed by atoms with E-state index in [2.05, 4.69) is 0 Å². The molecule has 0 aliphatic rings. The molecule has 2 N–H and O–H groups in total. The molecule has 0 amide bonds. The highest BCUT2D eigenvalue weighted by Crippen LogP contribution is 2.18. The minimum atomic E-state index is -1.51. The second-order valence-electron chi connectivity index (χ2n) is 6.41. The summed E-state index contributed by atoms with van der Waals surface area (Å²) in [5.74, 6) is -3.40. The smallest absolute Gasteiger partial charge is 0.330 e. The third kappa shape index (κ3) is 6.12. The van der Waals surface area contributed by atoms with Gasteiger partial charge in [0, 0.05) is 0 Å². The van der Waals surface area contributed by atoms with Gasteiger partial charge < -0.3 is 15.2 Å². The average molecular weight is 335 g/mol. The molecule has 1 aromatic rings. The van der Waals surface area contributed by atoms with Crippen molar-refractivity contribution in [1.82, 2.24) is 0 Å². The van der Waals surface area contributed by atoms with E-state index in [1.807, 2.05) is 6.07 Å². The van der Waals surface area contributed by atoms with Crippen LogP contribution < -0.4 is 5.73 Å². The SMILES string of the molecule is CCOC(=O)C(N)C(=O)C(Cc1ccccc1)C(=O)OC(C)(C)C. The summed E-state index contributed by atoms with van der Waals surface area (Å²) in [6.07, 6.45) is 0.113. The third-order valence-corrected chi connectivity index (χ3v) is 3.16. The number of ether oxygens (including phenoxy) is 2. The first kappa shape index (κ1) is 19.8. The lowest BCUT2D eigenvalue weighted by Gasteiger charge is -2.24. The lowest BCUT2D eigenvalue weighted by Crippen LogP contribution is -2.47. The van der Waals surface area contributed by atoms with Gasteiger partial charge in [0.2, 0.25) is 0 Å². The Bertz CT molecular complexity index is 577. The van der Waals surface area contributed by atoms with E-state index in [0.29, 0.717) is 0 Å². The molecule has 0 aromatic heterocycles. The molecule has 6 nitrogen and oxygen atoms in total. The number of ketones is 1. The third-order valence-electron chi connectivity index (χ3n) is 3.16. The first-order valence-electron chi connectivity index (χ1n) is 7.88. The van der Waals surface area contributed by atoms with Crippen LogP contribution in [0.4, 0.5) is 0 Å². The quantitative estimate of drug-likeness (QED) is 0.601. The van der Waals surface area contributed by atoms with Crippen molar-refractivity contribution in [2.75, 3.05) is 6.61 Å². The molecule has 0 fully saturated rings. The first-order valence-corrected chi connectivity index (χ1v) is 7.88. The van der Waals surface area contributed by atoms with Crippen LogP contribution in [0.2, 0.25) is 0 Å². The van der Waals surface area contributed by atoms with E-state index in [9.17, 15) is 14.4 Å². The van der Waals surface area contributed by atoms with Crippen molar-refractivity contribution in [3.05, 3.63) is 35.9 Å². The summed E-state index contributed by atoms with van der Waals surface area (Å²) in [5, 5.41) is 0. The molecule has 132 valence electrons. The van der Waals surface area contributed by atoms with E-state index >= 15 is 0 Å². The molecule has 24 heavy (non-hydrogen) atoms. The van der Waals surface area contributed by atoms with Crippen molar-refractivity contribution in [1.29, 1.82) is 0 Å². The summed E-state index contributed by atoms with van der Waals surface area (Å²) in [4.78, 5) is 36.7. The highest BCUT2D eigenvalue weighted by molar-refractivity contribution is 6.11. The Morgan fingerprint density at radius 3 is 2.17 bits per heavy atom. The van der Waals surface area contributed by atoms with Gasteiger partial charge in [0.1, 0.15) is 11.5 Å². The second kappa shape index (κ2) is 8.59. The lowest BCUT2D eigenvalue weighted by molar-refractivity contribution is -0.163. The average Bonchev–Trinajstić information content (AvgIpc) is 2.50. The molecular weight excluding hydrogens is 310 g/mol. The molecule has 1 rings (SSSR count). The molecule has 0 spiro atoms. The molecular formula is C18H25NO5. The molecule has 0 saturated carbocycles. The number of Topliss-reactive ketones (excluding diaryl/α,β-unsaturated/α-hetero) is 1. The molecule has 0 radical (unpaired) electrons. The van der Waals surface area contributed by atoms with Crippen LogP contribution in [0, 0.1) is 5.92 Å². The summed E-state index contributed by atoms with van der Waals surface area (Å²) in [6.45, 7) is 6.85. The fraction of sp³-hybridized carbons (Fsp3) is 0.500. The number of nitrogens with two attached hydrogens (primary N) is 1. The zero-order valence-electron chi connectivity index (χ0n) is 14.6. The number of esters is 2. The van der Waals surface area contributed by atoms with Crippen molar-refractivity contribution in [2.24, 2.45) is 11.7 Å². The van der Waals surface area contributed by atoms with Gasteiger partial charge >= 0.3 is 11.9 Å². The molecule has 6 heteroatoms. The van der Waals surface area contributed by atoms with E-state index < -0.39 is 35.3 Å². The van der Waals surface area contributed by atoms with E-state index in [1.54, 1.807) is 52.0 Å². The van der Waals surface area contributed by atoms with Crippen LogP contribution in [0.3, 0.4) is 0 Å². The Labute approximate surface area is 142 Å². The van der Waals surface area contributed by atoms with Crippen LogP contribution in [0.1, 0.15) is 33.3 Å². The van der Waals surface area contributed by atoms with E-state index in [-0.39, 0.29) is 13.0 Å². The summed E-state index contributed by atoms with van der Waals surface area (Å²) in [7, 11) is 0. The predicted octanol–water partition coefficient (Wildman–Crippen LogP) is 1.65. The Morgan fingerprint density at radius 2 is 1.67 bits per heavy atom. The molecule has 0 aliphatic carbocycles. The fourth-order valence-electron chi connectivity index (χ4n) is 2.09. The van der Waals surface area contributed by atoms with Crippen molar-refractivity contribution in [3.8, 4) is 0 Å². The van der Waals surface area contributed by atoms with Crippen LogP contribution in [0.25, 0.3) is 0 Å². The molecule has 2 atom stereocenters. The van der Waals surface area contributed by atoms with Crippen LogP contribution in [0.15, 0.2) is 30.3 Å². The Balaban J connectivity index is 3.01. The summed E-state index contributed by atoms with van der Waals surface area (Å²) < 4.78 is 10.1. The predicted molar refractivity (Wildman–Crippen MR) is 89.1 cm³/mol. The number of carbonyl (C=O) groups excluding carboxylic acids is 3. The standard InChI is InChI=1S/C18H25NO5/c1-5-23-17(22)14(19)15(20)13(16(21)24-18(2,3)4)11-12-9-7-6-8-10-12/h6-10,13-14H,5,11,19H2,1-4H3. The second-order valence-corrected chi connectivity index (χ2v) is 6.41. The van der Waals surface area contributed by atoms with Crippen LogP contribution >= 0.6 is 0 Å². The molecule has 0 saturated heterocycles. The summed E-state index contributed by atoms with van der Waals surface area (Å²) in [5.41, 5.74) is 5.70. The monoisotopic (exact) mass is 335 g/mol. The molecule has 2 unspecified atom stereocenters. The minimum Gasteiger partial charge on any atom is -0.464 e. The maximum Gasteiger partial charge on any atom is 0.330 e. The molecule has 0 bridgehead atoms. The van der Waals surface area contributed by atoms with Gasteiger partial charge in [-0.3, -0.25) is 9.59 Å². The van der Waals surface area contributed by atoms with Gasteiger partial charge in [-0.2, -0.15) is 0 Å². The Kier molecular flexibility index (Phi) is 7.10. The number of hydrogen-bond donors (Lipinski definition) is 1. The molecule has 1 aromatic carbocycles. The van der Waals surface area contributed by atoms with Crippen molar-refractivity contribution in [3.63, 3.8) is 0 Å². The van der Waals surface area contributed by atoms with Gasteiger partial charge in [0.25, 0.3) is 0 Å². The summed E-state index contributed by atoms with van der Waals surface area (Å²) >= 11 is 0. The molecule has 0 heterocycles.